The second-order valence-electron chi connectivity index (χ2n) is 8.44. The zero-order valence-electron chi connectivity index (χ0n) is 18.6. The van der Waals surface area contributed by atoms with Crippen molar-refractivity contribution in [1.82, 2.24) is 9.88 Å². The largest absolute Gasteiger partial charge is 0.436 e. The molecule has 1 aliphatic rings. The zero-order chi connectivity index (χ0) is 22.2. The molecule has 0 saturated carbocycles. The molecule has 2 aromatic carbocycles. The van der Waals surface area contributed by atoms with E-state index in [2.05, 4.69) is 48.3 Å². The number of nitrogens with zero attached hydrogens (tertiary/aromatic N) is 3. The highest BCUT2D eigenvalue weighted by Gasteiger charge is 2.29. The highest BCUT2D eigenvalue weighted by atomic mass is 16.5. The van der Waals surface area contributed by atoms with Crippen LogP contribution in [-0.2, 0) is 11.3 Å². The molecule has 2 heterocycles. The van der Waals surface area contributed by atoms with Crippen LogP contribution in [0.2, 0.25) is 0 Å². The smallest absolute Gasteiger partial charge is 0.227 e. The molecule has 0 bridgehead atoms. The third kappa shape index (κ3) is 3.20. The van der Waals surface area contributed by atoms with Crippen LogP contribution in [0.4, 0.5) is 0 Å². The molecule has 0 N–H and O–H groups in total. The van der Waals surface area contributed by atoms with Crippen molar-refractivity contribution < 1.29 is 9.15 Å². The van der Waals surface area contributed by atoms with Crippen LogP contribution >= 0.6 is 0 Å². The van der Waals surface area contributed by atoms with Crippen molar-refractivity contribution >= 4 is 27.6 Å². The van der Waals surface area contributed by atoms with E-state index < -0.39 is 0 Å². The Balaban J connectivity index is 1.99. The van der Waals surface area contributed by atoms with Gasteiger partial charge in [-0.05, 0) is 61.3 Å². The fraction of sp³-hybridized carbons (Fsp3) is 0.259. The Hall–Kier alpha value is -3.46. The van der Waals surface area contributed by atoms with Gasteiger partial charge in [0.2, 0.25) is 5.71 Å². The monoisotopic (exact) mass is 423 g/mol. The second kappa shape index (κ2) is 8.23. The van der Waals surface area contributed by atoms with Crippen molar-refractivity contribution in [1.29, 1.82) is 5.26 Å². The molecule has 1 atom stereocenters. The lowest BCUT2D eigenvalue weighted by Crippen LogP contribution is -2.23. The maximum absolute atomic E-state index is 10.2. The normalized spacial score (nSPS) is 16.1. The molecule has 5 nitrogen and oxygen atoms in total. The highest BCUT2D eigenvalue weighted by molar-refractivity contribution is 6.15. The van der Waals surface area contributed by atoms with Crippen molar-refractivity contribution in [2.75, 3.05) is 21.2 Å². The summed E-state index contributed by atoms with van der Waals surface area (Å²) in [7, 11) is 5.89. The maximum Gasteiger partial charge on any atom is 0.227 e. The molecule has 0 amide bonds. The molecule has 0 saturated heterocycles. The van der Waals surface area contributed by atoms with Crippen molar-refractivity contribution in [3.8, 4) is 17.2 Å². The zero-order valence-corrected chi connectivity index (χ0v) is 18.6. The summed E-state index contributed by atoms with van der Waals surface area (Å²) in [6.45, 7) is 0.324. The van der Waals surface area contributed by atoms with E-state index in [0.29, 0.717) is 29.5 Å². The van der Waals surface area contributed by atoms with E-state index in [1.807, 2.05) is 30.3 Å². The Morgan fingerprint density at radius 3 is 2.66 bits per heavy atom. The average molecular weight is 424 g/mol. The average Bonchev–Trinajstić information content (AvgIpc) is 3.44. The predicted molar refractivity (Wildman–Crippen MR) is 127 cm³/mol. The molecule has 32 heavy (non-hydrogen) atoms. The van der Waals surface area contributed by atoms with Gasteiger partial charge in [-0.3, -0.25) is 0 Å². The molecule has 0 aliphatic heterocycles. The van der Waals surface area contributed by atoms with E-state index in [1.165, 1.54) is 5.57 Å². The van der Waals surface area contributed by atoms with Crippen molar-refractivity contribution in [2.45, 2.75) is 25.5 Å². The van der Waals surface area contributed by atoms with Gasteiger partial charge < -0.3 is 14.1 Å². The lowest BCUT2D eigenvalue weighted by Gasteiger charge is -2.19. The van der Waals surface area contributed by atoms with Crippen molar-refractivity contribution in [3.05, 3.63) is 71.4 Å². The van der Waals surface area contributed by atoms with Crippen LogP contribution in [0.25, 0.3) is 38.8 Å². The van der Waals surface area contributed by atoms with E-state index >= 15 is 0 Å². The molecule has 0 spiro atoms. The summed E-state index contributed by atoms with van der Waals surface area (Å²) in [6, 6.07) is 17.0. The minimum absolute atomic E-state index is 0.324. The first-order chi connectivity index (χ1) is 15.6. The molecule has 1 aliphatic carbocycles. The van der Waals surface area contributed by atoms with Crippen molar-refractivity contribution in [2.24, 2.45) is 0 Å². The van der Waals surface area contributed by atoms with E-state index in [9.17, 15) is 5.26 Å². The summed E-state index contributed by atoms with van der Waals surface area (Å²) >= 11 is 0. The first-order valence-corrected chi connectivity index (χ1v) is 10.8. The van der Waals surface area contributed by atoms with Crippen LogP contribution in [0.3, 0.4) is 0 Å². The molecular formula is C27H25N3O2. The van der Waals surface area contributed by atoms with E-state index in [0.717, 1.165) is 45.9 Å². The van der Waals surface area contributed by atoms with Crippen LogP contribution < -0.4 is 0 Å². The Labute approximate surface area is 187 Å². The number of aromatic nitrogens is 1. The van der Waals surface area contributed by atoms with Crippen LogP contribution in [0.15, 0.2) is 59.2 Å². The predicted octanol–water partition coefficient (Wildman–Crippen LogP) is 5.77. The van der Waals surface area contributed by atoms with Gasteiger partial charge >= 0.3 is 0 Å². The second-order valence-corrected chi connectivity index (χ2v) is 8.44. The Morgan fingerprint density at radius 1 is 1.16 bits per heavy atom. The molecule has 5 rings (SSSR count). The fourth-order valence-electron chi connectivity index (χ4n) is 4.86. The standard InChI is InChI=1S/C27H25N3O2/c1-30(2)19-12-11-18(14-19)24-23(17-8-5-4-6-9-17)22(16-31-3)21(15-28)26-25(24)20-10-7-13-29-27(20)32-26/h4-10,13-14,19H,11-12,16H2,1-3H3. The number of rotatable bonds is 5. The number of hydrogen-bond acceptors (Lipinski definition) is 5. The number of pyridine rings is 1. The van der Waals surface area contributed by atoms with Crippen LogP contribution in [0, 0.1) is 11.3 Å². The molecule has 4 aromatic rings. The lowest BCUT2D eigenvalue weighted by molar-refractivity contribution is 0.185. The number of allylic oxidation sites excluding steroid dienone is 1. The lowest BCUT2D eigenvalue weighted by atomic mass is 9.84. The van der Waals surface area contributed by atoms with Crippen LogP contribution in [0.1, 0.15) is 29.5 Å². The molecule has 2 aromatic heterocycles. The topological polar surface area (TPSA) is 62.3 Å². The Kier molecular flexibility index (Phi) is 5.26. The van der Waals surface area contributed by atoms with Gasteiger partial charge in [-0.15, -0.1) is 0 Å². The minimum Gasteiger partial charge on any atom is -0.436 e. The third-order valence-electron chi connectivity index (χ3n) is 6.35. The van der Waals surface area contributed by atoms with E-state index in [1.54, 1.807) is 13.3 Å². The van der Waals surface area contributed by atoms with Gasteiger partial charge in [-0.25, -0.2) is 4.98 Å². The SMILES string of the molecule is COCc1c(-c2ccccc2)c(C2=CC(N(C)C)CC2)c2c(oc3ncccc32)c1C#N. The van der Waals surface area contributed by atoms with Gasteiger partial charge in [-0.2, -0.15) is 5.26 Å². The van der Waals surface area contributed by atoms with Gasteiger partial charge in [-0.1, -0.05) is 36.4 Å². The number of methoxy groups -OCH3 is 1. The number of ether oxygens (including phenoxy) is 1. The summed E-state index contributed by atoms with van der Waals surface area (Å²) in [5.41, 5.74) is 7.05. The first kappa shape index (κ1) is 20.4. The summed E-state index contributed by atoms with van der Waals surface area (Å²) in [6.07, 6.45) is 6.11. The van der Waals surface area contributed by atoms with E-state index in [4.69, 9.17) is 9.15 Å². The highest BCUT2D eigenvalue weighted by Crippen LogP contribution is 2.47. The number of fused-ring (bicyclic) bond motifs is 3. The summed E-state index contributed by atoms with van der Waals surface area (Å²) < 4.78 is 11.8. The number of hydrogen-bond donors (Lipinski definition) is 0. The van der Waals surface area contributed by atoms with Gasteiger partial charge in [0.15, 0.2) is 5.58 Å². The molecule has 160 valence electrons. The van der Waals surface area contributed by atoms with Gasteiger partial charge in [0.05, 0.1) is 6.61 Å². The summed E-state index contributed by atoms with van der Waals surface area (Å²) in [4.78, 5) is 6.70. The summed E-state index contributed by atoms with van der Waals surface area (Å²) in [5, 5.41) is 12.1. The Morgan fingerprint density at radius 2 is 1.97 bits per heavy atom. The quantitative estimate of drug-likeness (QED) is 0.408. The van der Waals surface area contributed by atoms with Gasteiger partial charge in [0.25, 0.3) is 0 Å². The minimum atomic E-state index is 0.324. The van der Waals surface area contributed by atoms with Gasteiger partial charge in [0.1, 0.15) is 11.6 Å². The number of likely N-dealkylation sites (N-methyl/N-ethyl adjacent to an activating group) is 1. The molecular weight excluding hydrogens is 398 g/mol. The molecule has 1 unspecified atom stereocenters. The van der Waals surface area contributed by atoms with Crippen molar-refractivity contribution in [3.63, 3.8) is 0 Å². The third-order valence-corrected chi connectivity index (χ3v) is 6.35. The Bertz CT molecular complexity index is 1380. The molecule has 0 fully saturated rings. The van der Waals surface area contributed by atoms with E-state index in [-0.39, 0.29) is 0 Å². The summed E-state index contributed by atoms with van der Waals surface area (Å²) in [5.74, 6) is 0. The fourth-order valence-corrected chi connectivity index (χ4v) is 4.86. The van der Waals surface area contributed by atoms with Gasteiger partial charge in [0, 0.05) is 35.7 Å². The van der Waals surface area contributed by atoms with Crippen LogP contribution in [0.5, 0.6) is 0 Å². The molecule has 0 radical (unpaired) electrons. The molecule has 5 heteroatoms. The number of nitriles is 1. The maximum atomic E-state index is 10.2. The van der Waals surface area contributed by atoms with Crippen LogP contribution in [-0.4, -0.2) is 37.1 Å². The number of benzene rings is 2. The first-order valence-electron chi connectivity index (χ1n) is 10.8. The number of furan rings is 1.